The quantitative estimate of drug-likeness (QED) is 0.780. The van der Waals surface area contributed by atoms with Gasteiger partial charge in [0.05, 0.1) is 6.04 Å². The molecule has 4 nitrogen and oxygen atoms in total. The van der Waals surface area contributed by atoms with Crippen LogP contribution >= 0.6 is 24.8 Å². The van der Waals surface area contributed by atoms with Gasteiger partial charge in [-0.1, -0.05) is 6.92 Å². The maximum atomic E-state index is 11.7. The zero-order valence-electron chi connectivity index (χ0n) is 11.6. The molecule has 18 heavy (non-hydrogen) atoms. The summed E-state index contributed by atoms with van der Waals surface area (Å²) in [5.41, 5.74) is 0. The third kappa shape index (κ3) is 6.78. The number of amides is 1. The summed E-state index contributed by atoms with van der Waals surface area (Å²) in [5, 5.41) is 6.21. The smallest absolute Gasteiger partial charge is 0.237 e. The SMILES string of the molecule is CCN(CCNC(=O)C1CCCN1)C(C)C.Cl.Cl. The van der Waals surface area contributed by atoms with E-state index in [9.17, 15) is 4.79 Å². The lowest BCUT2D eigenvalue weighted by atomic mass is 10.2. The fraction of sp³-hybridized carbons (Fsp3) is 0.917. The van der Waals surface area contributed by atoms with Crippen LogP contribution < -0.4 is 10.6 Å². The van der Waals surface area contributed by atoms with Crippen molar-refractivity contribution in [3.8, 4) is 0 Å². The molecule has 1 fully saturated rings. The molecule has 0 aromatic heterocycles. The van der Waals surface area contributed by atoms with E-state index in [1.807, 2.05) is 0 Å². The Bertz CT molecular complexity index is 221. The van der Waals surface area contributed by atoms with E-state index in [-0.39, 0.29) is 36.8 Å². The summed E-state index contributed by atoms with van der Waals surface area (Å²) in [6.07, 6.45) is 2.10. The predicted molar refractivity (Wildman–Crippen MR) is 80.9 cm³/mol. The summed E-state index contributed by atoms with van der Waals surface area (Å²) in [6.45, 7) is 10.2. The molecule has 1 saturated heterocycles. The van der Waals surface area contributed by atoms with Crippen LogP contribution in [-0.2, 0) is 4.79 Å². The van der Waals surface area contributed by atoms with Crippen molar-refractivity contribution in [2.24, 2.45) is 0 Å². The molecular formula is C12H27Cl2N3O. The van der Waals surface area contributed by atoms with Crippen LogP contribution in [0.2, 0.25) is 0 Å². The second kappa shape index (κ2) is 10.9. The lowest BCUT2D eigenvalue weighted by Crippen LogP contribution is -2.44. The fourth-order valence-corrected chi connectivity index (χ4v) is 2.14. The van der Waals surface area contributed by atoms with E-state index in [0.29, 0.717) is 6.04 Å². The summed E-state index contributed by atoms with van der Waals surface area (Å²) in [6, 6.07) is 0.598. The molecule has 1 unspecified atom stereocenters. The zero-order chi connectivity index (χ0) is 12.0. The maximum Gasteiger partial charge on any atom is 0.237 e. The zero-order valence-corrected chi connectivity index (χ0v) is 13.2. The molecule has 0 radical (unpaired) electrons. The van der Waals surface area contributed by atoms with E-state index in [1.54, 1.807) is 0 Å². The summed E-state index contributed by atoms with van der Waals surface area (Å²) >= 11 is 0. The number of carbonyl (C=O) groups is 1. The van der Waals surface area contributed by atoms with Gasteiger partial charge in [0.15, 0.2) is 0 Å². The van der Waals surface area contributed by atoms with Gasteiger partial charge in [-0.15, -0.1) is 24.8 Å². The first-order valence-electron chi connectivity index (χ1n) is 6.40. The van der Waals surface area contributed by atoms with Gasteiger partial charge < -0.3 is 10.6 Å². The third-order valence-corrected chi connectivity index (χ3v) is 3.21. The van der Waals surface area contributed by atoms with Crippen molar-refractivity contribution in [3.63, 3.8) is 0 Å². The van der Waals surface area contributed by atoms with Crippen molar-refractivity contribution < 1.29 is 4.79 Å². The van der Waals surface area contributed by atoms with Crippen molar-refractivity contribution >= 4 is 30.7 Å². The first kappa shape index (κ1) is 20.3. The highest BCUT2D eigenvalue weighted by atomic mass is 35.5. The van der Waals surface area contributed by atoms with Gasteiger partial charge in [0.25, 0.3) is 0 Å². The van der Waals surface area contributed by atoms with Gasteiger partial charge in [-0.3, -0.25) is 9.69 Å². The second-order valence-corrected chi connectivity index (χ2v) is 4.66. The van der Waals surface area contributed by atoms with E-state index < -0.39 is 0 Å². The number of nitrogens with zero attached hydrogens (tertiary/aromatic N) is 1. The van der Waals surface area contributed by atoms with Crippen LogP contribution in [0, 0.1) is 0 Å². The first-order valence-corrected chi connectivity index (χ1v) is 6.40. The lowest BCUT2D eigenvalue weighted by Gasteiger charge is -2.25. The minimum atomic E-state index is 0. The Hall–Kier alpha value is -0.0300. The molecule has 0 aliphatic carbocycles. The van der Waals surface area contributed by atoms with Gasteiger partial charge >= 0.3 is 0 Å². The van der Waals surface area contributed by atoms with Crippen LogP contribution in [0.5, 0.6) is 0 Å². The molecular weight excluding hydrogens is 273 g/mol. The fourth-order valence-electron chi connectivity index (χ4n) is 2.14. The molecule has 0 bridgehead atoms. The number of hydrogen-bond acceptors (Lipinski definition) is 3. The lowest BCUT2D eigenvalue weighted by molar-refractivity contribution is -0.122. The van der Waals surface area contributed by atoms with Gasteiger partial charge in [-0.2, -0.15) is 0 Å². The normalized spacial score (nSPS) is 18.4. The Morgan fingerprint density at radius 3 is 2.56 bits per heavy atom. The summed E-state index contributed by atoms with van der Waals surface area (Å²) in [5.74, 6) is 0.164. The molecule has 6 heteroatoms. The van der Waals surface area contributed by atoms with Crippen LogP contribution in [0.25, 0.3) is 0 Å². The van der Waals surface area contributed by atoms with Crippen molar-refractivity contribution in [1.29, 1.82) is 0 Å². The van der Waals surface area contributed by atoms with Crippen LogP contribution in [0.4, 0.5) is 0 Å². The predicted octanol–water partition coefficient (Wildman–Crippen LogP) is 1.43. The van der Waals surface area contributed by atoms with Gasteiger partial charge in [0.1, 0.15) is 0 Å². The van der Waals surface area contributed by atoms with Crippen LogP contribution in [0.3, 0.4) is 0 Å². The van der Waals surface area contributed by atoms with Crippen LogP contribution in [0.1, 0.15) is 33.6 Å². The Kier molecular flexibility index (Phi) is 12.2. The van der Waals surface area contributed by atoms with E-state index in [0.717, 1.165) is 39.0 Å². The molecule has 0 saturated carbocycles. The van der Waals surface area contributed by atoms with Gasteiger partial charge in [0.2, 0.25) is 5.91 Å². The summed E-state index contributed by atoms with van der Waals surface area (Å²) < 4.78 is 0. The average molecular weight is 300 g/mol. The Morgan fingerprint density at radius 1 is 1.44 bits per heavy atom. The van der Waals surface area contributed by atoms with Gasteiger partial charge in [-0.25, -0.2) is 0 Å². The first-order chi connectivity index (χ1) is 7.65. The number of carbonyl (C=O) groups excluding carboxylic acids is 1. The van der Waals surface area contributed by atoms with E-state index in [4.69, 9.17) is 0 Å². The number of halogens is 2. The van der Waals surface area contributed by atoms with E-state index in [1.165, 1.54) is 0 Å². The Labute approximate surface area is 123 Å². The molecule has 2 N–H and O–H groups in total. The molecule has 0 aromatic carbocycles. The number of hydrogen-bond donors (Lipinski definition) is 2. The van der Waals surface area contributed by atoms with Crippen LogP contribution in [-0.4, -0.2) is 49.1 Å². The number of nitrogens with one attached hydrogen (secondary N) is 2. The van der Waals surface area contributed by atoms with Gasteiger partial charge in [-0.05, 0) is 39.8 Å². The largest absolute Gasteiger partial charge is 0.353 e. The van der Waals surface area contributed by atoms with Crippen molar-refractivity contribution in [3.05, 3.63) is 0 Å². The molecule has 0 aromatic rings. The molecule has 1 aliphatic rings. The minimum Gasteiger partial charge on any atom is -0.353 e. The Balaban J connectivity index is 0. The molecule has 1 aliphatic heterocycles. The highest BCUT2D eigenvalue weighted by Crippen LogP contribution is 2.04. The van der Waals surface area contributed by atoms with Gasteiger partial charge in [0, 0.05) is 19.1 Å². The molecule has 0 spiro atoms. The van der Waals surface area contributed by atoms with Crippen molar-refractivity contribution in [2.45, 2.75) is 45.7 Å². The van der Waals surface area contributed by atoms with Crippen molar-refractivity contribution in [2.75, 3.05) is 26.2 Å². The Morgan fingerprint density at radius 2 is 2.11 bits per heavy atom. The minimum absolute atomic E-state index is 0. The monoisotopic (exact) mass is 299 g/mol. The second-order valence-electron chi connectivity index (χ2n) is 4.66. The number of likely N-dealkylation sites (N-methyl/N-ethyl adjacent to an activating group) is 1. The van der Waals surface area contributed by atoms with Crippen LogP contribution in [0.15, 0.2) is 0 Å². The molecule has 110 valence electrons. The van der Waals surface area contributed by atoms with Crippen molar-refractivity contribution in [1.82, 2.24) is 15.5 Å². The molecule has 1 rings (SSSR count). The summed E-state index contributed by atoms with van der Waals surface area (Å²) in [7, 11) is 0. The van der Waals surface area contributed by atoms with E-state index >= 15 is 0 Å². The molecule has 1 atom stereocenters. The highest BCUT2D eigenvalue weighted by molar-refractivity contribution is 5.85. The summed E-state index contributed by atoms with van der Waals surface area (Å²) in [4.78, 5) is 14.0. The topological polar surface area (TPSA) is 44.4 Å². The average Bonchev–Trinajstić information content (AvgIpc) is 2.76. The van der Waals surface area contributed by atoms with E-state index in [2.05, 4.69) is 36.3 Å². The maximum absolute atomic E-state index is 11.7. The molecule has 1 heterocycles. The number of rotatable bonds is 6. The molecule has 1 amide bonds. The standard InChI is InChI=1S/C12H25N3O.2ClH/c1-4-15(10(2)3)9-8-14-12(16)11-6-5-7-13-11;;/h10-11,13H,4-9H2,1-3H3,(H,14,16);2*1H. The third-order valence-electron chi connectivity index (χ3n) is 3.21. The highest BCUT2D eigenvalue weighted by Gasteiger charge is 2.21.